The summed E-state index contributed by atoms with van der Waals surface area (Å²) in [7, 11) is 0. The highest BCUT2D eigenvalue weighted by atomic mass is 127. The lowest BCUT2D eigenvalue weighted by molar-refractivity contribution is 0.0934. The Hall–Kier alpha value is -1.71. The summed E-state index contributed by atoms with van der Waals surface area (Å²) in [5, 5.41) is 2.72. The summed E-state index contributed by atoms with van der Waals surface area (Å²) in [6.45, 7) is 0. The van der Waals surface area contributed by atoms with Crippen LogP contribution in [0.4, 0.5) is 0 Å². The number of halogens is 2. The minimum atomic E-state index is -0.461. The number of carbonyl (C=O) groups excluding carboxylic acids is 2. The Labute approximate surface area is 156 Å². The Morgan fingerprint density at radius 2 is 1.52 bits per heavy atom. The average Bonchev–Trinajstić information content (AvgIpc) is 2.53. The fraction of sp³-hybridized carbons (Fsp3) is 0. The normalized spacial score (nSPS) is 9.83. The van der Waals surface area contributed by atoms with Gasteiger partial charge in [-0.1, -0.05) is 35.9 Å². The molecule has 0 saturated carbocycles. The predicted molar refractivity (Wildman–Crippen MR) is 101 cm³/mol. The fourth-order valence-electron chi connectivity index (χ4n) is 1.67. The van der Waals surface area contributed by atoms with E-state index in [1.54, 1.807) is 36.4 Å². The van der Waals surface area contributed by atoms with Crippen molar-refractivity contribution in [3.63, 3.8) is 0 Å². The summed E-state index contributed by atoms with van der Waals surface area (Å²) in [6.07, 6.45) is 0. The van der Waals surface area contributed by atoms with Crippen molar-refractivity contribution >= 4 is 63.3 Å². The summed E-state index contributed by atoms with van der Waals surface area (Å²) < 4.78 is 0.801. The minimum Gasteiger partial charge on any atom is -0.298 e. The molecular formula is C15H11ClIN3O2S. The molecular weight excluding hydrogens is 449 g/mol. The van der Waals surface area contributed by atoms with Crippen LogP contribution >= 0.6 is 46.4 Å². The molecule has 2 amide bonds. The first-order chi connectivity index (χ1) is 11.0. The third-order valence-corrected chi connectivity index (χ3v) is 4.23. The predicted octanol–water partition coefficient (Wildman–Crippen LogP) is 2.89. The van der Waals surface area contributed by atoms with Crippen LogP contribution < -0.4 is 16.2 Å². The molecule has 0 atom stereocenters. The number of amides is 2. The second-order valence-corrected chi connectivity index (χ2v) is 6.30. The van der Waals surface area contributed by atoms with E-state index >= 15 is 0 Å². The van der Waals surface area contributed by atoms with Gasteiger partial charge in [-0.15, -0.1) is 0 Å². The van der Waals surface area contributed by atoms with E-state index in [0.717, 1.165) is 3.57 Å². The van der Waals surface area contributed by atoms with E-state index < -0.39 is 5.91 Å². The van der Waals surface area contributed by atoms with Crippen LogP contribution in [0.3, 0.4) is 0 Å². The Kier molecular flexibility index (Phi) is 6.31. The van der Waals surface area contributed by atoms with Crippen molar-refractivity contribution in [1.82, 2.24) is 16.2 Å². The molecule has 5 nitrogen and oxygen atoms in total. The number of thiocarbonyl (C=S) groups is 1. The molecule has 2 rings (SSSR count). The van der Waals surface area contributed by atoms with Crippen molar-refractivity contribution in [1.29, 1.82) is 0 Å². The van der Waals surface area contributed by atoms with Gasteiger partial charge in [-0.2, -0.15) is 0 Å². The van der Waals surface area contributed by atoms with E-state index in [4.69, 9.17) is 23.8 Å². The molecule has 8 heteroatoms. The van der Waals surface area contributed by atoms with E-state index in [9.17, 15) is 9.59 Å². The van der Waals surface area contributed by atoms with Crippen molar-refractivity contribution < 1.29 is 9.59 Å². The number of benzene rings is 2. The molecule has 0 fully saturated rings. The molecule has 0 spiro atoms. The second kappa shape index (κ2) is 8.23. The van der Waals surface area contributed by atoms with Gasteiger partial charge in [0, 0.05) is 3.57 Å². The topological polar surface area (TPSA) is 70.2 Å². The second-order valence-electron chi connectivity index (χ2n) is 4.32. The first-order valence-electron chi connectivity index (χ1n) is 6.40. The van der Waals surface area contributed by atoms with Crippen molar-refractivity contribution in [3.05, 3.63) is 68.3 Å². The standard InChI is InChI=1S/C15H11ClIN3O2S/c16-11-7-3-1-5-9(11)13(21)18-15(23)20-19-14(22)10-6-2-4-8-12(10)17/h1-8H,(H,19,22)(H2,18,20,21,23). The van der Waals surface area contributed by atoms with E-state index in [1.807, 2.05) is 12.1 Å². The maximum atomic E-state index is 12.0. The van der Waals surface area contributed by atoms with Gasteiger partial charge in [0.1, 0.15) is 0 Å². The van der Waals surface area contributed by atoms with Crippen LogP contribution in [-0.2, 0) is 0 Å². The monoisotopic (exact) mass is 459 g/mol. The highest BCUT2D eigenvalue weighted by Crippen LogP contribution is 2.14. The average molecular weight is 460 g/mol. The molecule has 23 heavy (non-hydrogen) atoms. The molecule has 2 aromatic rings. The van der Waals surface area contributed by atoms with Gasteiger partial charge in [-0.05, 0) is 59.1 Å². The van der Waals surface area contributed by atoms with Gasteiger partial charge in [-0.3, -0.25) is 25.8 Å². The fourth-order valence-corrected chi connectivity index (χ4v) is 2.67. The molecule has 0 unspecified atom stereocenters. The lowest BCUT2D eigenvalue weighted by Gasteiger charge is -2.12. The minimum absolute atomic E-state index is 0.0331. The van der Waals surface area contributed by atoms with Crippen LogP contribution in [0.2, 0.25) is 5.02 Å². The van der Waals surface area contributed by atoms with Gasteiger partial charge in [0.05, 0.1) is 16.1 Å². The lowest BCUT2D eigenvalue weighted by atomic mass is 10.2. The molecule has 0 saturated heterocycles. The molecule has 0 aliphatic rings. The van der Waals surface area contributed by atoms with Crippen LogP contribution in [-0.4, -0.2) is 16.9 Å². The highest BCUT2D eigenvalue weighted by molar-refractivity contribution is 14.1. The SMILES string of the molecule is O=C(NC(=S)NNC(=O)c1ccccc1I)c1ccccc1Cl. The summed E-state index contributed by atoms with van der Waals surface area (Å²) in [5.41, 5.74) is 5.70. The van der Waals surface area contributed by atoms with Crippen molar-refractivity contribution in [3.8, 4) is 0 Å². The molecule has 0 aliphatic carbocycles. The zero-order chi connectivity index (χ0) is 16.8. The quantitative estimate of drug-likeness (QED) is 0.367. The number of nitrogens with one attached hydrogen (secondary N) is 3. The van der Waals surface area contributed by atoms with E-state index in [-0.39, 0.29) is 11.0 Å². The Morgan fingerprint density at radius 1 is 0.913 bits per heavy atom. The van der Waals surface area contributed by atoms with Gasteiger partial charge in [-0.25, -0.2) is 0 Å². The van der Waals surface area contributed by atoms with E-state index in [1.165, 1.54) is 0 Å². The van der Waals surface area contributed by atoms with Gasteiger partial charge in [0.15, 0.2) is 5.11 Å². The molecule has 0 radical (unpaired) electrons. The molecule has 0 aliphatic heterocycles. The van der Waals surface area contributed by atoms with Crippen LogP contribution in [0.25, 0.3) is 0 Å². The van der Waals surface area contributed by atoms with Gasteiger partial charge < -0.3 is 0 Å². The Bertz CT molecular complexity index is 770. The van der Waals surface area contributed by atoms with Crippen LogP contribution in [0, 0.1) is 3.57 Å². The first-order valence-corrected chi connectivity index (χ1v) is 8.26. The number of hydrazine groups is 1. The molecule has 0 aromatic heterocycles. The van der Waals surface area contributed by atoms with Gasteiger partial charge in [0.25, 0.3) is 11.8 Å². The van der Waals surface area contributed by atoms with Crippen molar-refractivity contribution in [2.45, 2.75) is 0 Å². The van der Waals surface area contributed by atoms with Gasteiger partial charge in [0.2, 0.25) is 0 Å². The molecule has 2 aromatic carbocycles. The Balaban J connectivity index is 1.91. The molecule has 118 valence electrons. The maximum Gasteiger partial charge on any atom is 0.270 e. The number of rotatable bonds is 2. The molecule has 3 N–H and O–H groups in total. The summed E-state index contributed by atoms with van der Waals surface area (Å²) >= 11 is 13.0. The smallest absolute Gasteiger partial charge is 0.270 e. The molecule has 0 bridgehead atoms. The third-order valence-electron chi connectivity index (χ3n) is 2.75. The summed E-state index contributed by atoms with van der Waals surface area (Å²) in [5.74, 6) is -0.819. The van der Waals surface area contributed by atoms with E-state index in [0.29, 0.717) is 16.1 Å². The van der Waals surface area contributed by atoms with Crippen LogP contribution in [0.1, 0.15) is 20.7 Å². The largest absolute Gasteiger partial charge is 0.298 e. The third kappa shape index (κ3) is 4.88. The molecule has 0 heterocycles. The maximum absolute atomic E-state index is 12.0. The van der Waals surface area contributed by atoms with Crippen LogP contribution in [0.15, 0.2) is 48.5 Å². The van der Waals surface area contributed by atoms with Gasteiger partial charge >= 0.3 is 0 Å². The number of hydrogen-bond donors (Lipinski definition) is 3. The lowest BCUT2D eigenvalue weighted by Crippen LogP contribution is -2.48. The Morgan fingerprint density at radius 3 is 2.17 bits per heavy atom. The number of carbonyl (C=O) groups is 2. The van der Waals surface area contributed by atoms with Crippen molar-refractivity contribution in [2.24, 2.45) is 0 Å². The van der Waals surface area contributed by atoms with Crippen LogP contribution in [0.5, 0.6) is 0 Å². The zero-order valence-electron chi connectivity index (χ0n) is 11.6. The first kappa shape index (κ1) is 17.6. The van der Waals surface area contributed by atoms with Crippen molar-refractivity contribution in [2.75, 3.05) is 0 Å². The highest BCUT2D eigenvalue weighted by Gasteiger charge is 2.12. The summed E-state index contributed by atoms with van der Waals surface area (Å²) in [4.78, 5) is 24.0. The van der Waals surface area contributed by atoms with E-state index in [2.05, 4.69) is 38.8 Å². The zero-order valence-corrected chi connectivity index (χ0v) is 15.3. The number of hydrogen-bond acceptors (Lipinski definition) is 3. The summed E-state index contributed by atoms with van der Waals surface area (Å²) in [6, 6.07) is 13.7.